The van der Waals surface area contributed by atoms with Crippen molar-refractivity contribution in [1.82, 2.24) is 9.97 Å². The fraction of sp³-hybridized carbons (Fsp3) is 0.500. The fourth-order valence-electron chi connectivity index (χ4n) is 1.24. The van der Waals surface area contributed by atoms with Crippen LogP contribution in [0.5, 0.6) is 0 Å². The molecular weight excluding hydrogens is 162 g/mol. The van der Waals surface area contributed by atoms with Crippen molar-refractivity contribution in [3.05, 3.63) is 23.3 Å². The highest BCUT2D eigenvalue weighted by Crippen LogP contribution is 2.02. The summed E-state index contributed by atoms with van der Waals surface area (Å²) in [7, 11) is 0. The van der Waals surface area contributed by atoms with Crippen LogP contribution in [0.2, 0.25) is 0 Å². The quantitative estimate of drug-likeness (QED) is 0.659. The van der Waals surface area contributed by atoms with Gasteiger partial charge in [0.1, 0.15) is 5.82 Å². The van der Waals surface area contributed by atoms with Gasteiger partial charge in [0, 0.05) is 24.2 Å². The average Bonchev–Trinajstić information content (AvgIpc) is 2.03. The van der Waals surface area contributed by atoms with Gasteiger partial charge < -0.3 is 0 Å². The van der Waals surface area contributed by atoms with Crippen molar-refractivity contribution in [2.24, 2.45) is 0 Å². The highest BCUT2D eigenvalue weighted by molar-refractivity contribution is 5.08. The lowest BCUT2D eigenvalue weighted by Crippen LogP contribution is -1.98. The molecule has 0 aliphatic rings. The topological polar surface area (TPSA) is 49.6 Å². The molecule has 0 aliphatic carbocycles. The molecule has 1 aromatic heterocycles. The lowest BCUT2D eigenvalue weighted by atomic mass is 10.2. The molecule has 0 saturated heterocycles. The molecule has 0 N–H and O–H groups in total. The Balaban J connectivity index is 2.62. The molecule has 0 spiro atoms. The maximum absolute atomic E-state index is 8.36. The first-order valence-electron chi connectivity index (χ1n) is 4.40. The Morgan fingerprint density at radius 2 is 1.92 bits per heavy atom. The molecule has 1 heterocycles. The predicted molar refractivity (Wildman–Crippen MR) is 50.1 cm³/mol. The van der Waals surface area contributed by atoms with Gasteiger partial charge in [-0.1, -0.05) is 0 Å². The molecule has 3 nitrogen and oxygen atoms in total. The molecule has 1 rings (SSSR count). The third-order valence-electron chi connectivity index (χ3n) is 1.72. The van der Waals surface area contributed by atoms with Gasteiger partial charge in [0.05, 0.1) is 6.07 Å². The van der Waals surface area contributed by atoms with E-state index in [2.05, 4.69) is 16.0 Å². The third kappa shape index (κ3) is 3.20. The molecule has 0 unspecified atom stereocenters. The van der Waals surface area contributed by atoms with Crippen LogP contribution in [0.3, 0.4) is 0 Å². The summed E-state index contributed by atoms with van der Waals surface area (Å²) in [6.07, 6.45) is 2.23. The summed E-state index contributed by atoms with van der Waals surface area (Å²) in [4.78, 5) is 8.57. The SMILES string of the molecule is Cc1cc(C)nc(CCCC#N)n1. The number of aryl methyl sites for hydroxylation is 3. The number of rotatable bonds is 3. The Morgan fingerprint density at radius 3 is 2.46 bits per heavy atom. The van der Waals surface area contributed by atoms with Gasteiger partial charge in [0.15, 0.2) is 0 Å². The molecule has 0 bridgehead atoms. The summed E-state index contributed by atoms with van der Waals surface area (Å²) >= 11 is 0. The molecule has 0 radical (unpaired) electrons. The largest absolute Gasteiger partial charge is 0.238 e. The zero-order chi connectivity index (χ0) is 9.68. The van der Waals surface area contributed by atoms with Gasteiger partial charge in [0.2, 0.25) is 0 Å². The van der Waals surface area contributed by atoms with Crippen molar-refractivity contribution in [3.63, 3.8) is 0 Å². The highest BCUT2D eigenvalue weighted by atomic mass is 14.9. The Bertz CT molecular complexity index is 305. The molecule has 68 valence electrons. The lowest BCUT2D eigenvalue weighted by molar-refractivity contribution is 0.778. The number of unbranched alkanes of at least 4 members (excludes halogenated alkanes) is 1. The normalized spacial score (nSPS) is 9.62. The predicted octanol–water partition coefficient (Wildman–Crippen LogP) is 1.94. The zero-order valence-electron chi connectivity index (χ0n) is 8.04. The standard InChI is InChI=1S/C10H13N3/c1-8-7-9(2)13-10(12-8)5-3-4-6-11/h7H,3-5H2,1-2H3. The molecule has 0 atom stereocenters. The minimum atomic E-state index is 0.580. The van der Waals surface area contributed by atoms with Crippen molar-refractivity contribution < 1.29 is 0 Å². The number of hydrogen-bond donors (Lipinski definition) is 0. The first kappa shape index (κ1) is 9.66. The van der Waals surface area contributed by atoms with Gasteiger partial charge in [-0.25, -0.2) is 9.97 Å². The summed E-state index contributed by atoms with van der Waals surface area (Å²) in [6.45, 7) is 3.92. The van der Waals surface area contributed by atoms with E-state index in [1.807, 2.05) is 19.9 Å². The van der Waals surface area contributed by atoms with Gasteiger partial charge in [-0.15, -0.1) is 0 Å². The van der Waals surface area contributed by atoms with Crippen molar-refractivity contribution >= 4 is 0 Å². The Morgan fingerprint density at radius 1 is 1.31 bits per heavy atom. The van der Waals surface area contributed by atoms with E-state index in [4.69, 9.17) is 5.26 Å². The Labute approximate surface area is 78.5 Å². The number of nitriles is 1. The second-order valence-corrected chi connectivity index (χ2v) is 3.08. The Kier molecular flexibility index (Phi) is 3.39. The van der Waals surface area contributed by atoms with E-state index in [9.17, 15) is 0 Å². The van der Waals surface area contributed by atoms with E-state index in [1.54, 1.807) is 0 Å². The molecule has 3 heteroatoms. The highest BCUT2D eigenvalue weighted by Gasteiger charge is 1.98. The first-order chi connectivity index (χ1) is 6.22. The molecule has 0 aliphatic heterocycles. The molecular formula is C10H13N3. The maximum Gasteiger partial charge on any atom is 0.128 e. The molecule has 13 heavy (non-hydrogen) atoms. The van der Waals surface area contributed by atoms with Gasteiger partial charge in [-0.05, 0) is 26.3 Å². The van der Waals surface area contributed by atoms with E-state index >= 15 is 0 Å². The molecule has 0 aromatic carbocycles. The lowest BCUT2D eigenvalue weighted by Gasteiger charge is -2.00. The van der Waals surface area contributed by atoms with Crippen molar-refractivity contribution in [1.29, 1.82) is 5.26 Å². The van der Waals surface area contributed by atoms with Crippen LogP contribution in [0.4, 0.5) is 0 Å². The number of hydrogen-bond acceptors (Lipinski definition) is 3. The van der Waals surface area contributed by atoms with Crippen LogP contribution in [0, 0.1) is 25.2 Å². The number of nitrogens with zero attached hydrogens (tertiary/aromatic N) is 3. The second kappa shape index (κ2) is 4.56. The summed E-state index contributed by atoms with van der Waals surface area (Å²) in [6, 6.07) is 4.06. The van der Waals surface area contributed by atoms with E-state index in [0.29, 0.717) is 6.42 Å². The summed E-state index contributed by atoms with van der Waals surface area (Å²) in [5, 5.41) is 8.36. The van der Waals surface area contributed by atoms with Gasteiger partial charge in [0.25, 0.3) is 0 Å². The minimum absolute atomic E-state index is 0.580. The van der Waals surface area contributed by atoms with Crippen molar-refractivity contribution in [3.8, 4) is 6.07 Å². The van der Waals surface area contributed by atoms with Gasteiger partial charge in [-0.2, -0.15) is 5.26 Å². The van der Waals surface area contributed by atoms with Gasteiger partial charge >= 0.3 is 0 Å². The van der Waals surface area contributed by atoms with Crippen molar-refractivity contribution in [2.45, 2.75) is 33.1 Å². The van der Waals surface area contributed by atoms with E-state index in [1.165, 1.54) is 0 Å². The van der Waals surface area contributed by atoms with E-state index in [0.717, 1.165) is 30.1 Å². The summed E-state index contributed by atoms with van der Waals surface area (Å²) < 4.78 is 0. The van der Waals surface area contributed by atoms with E-state index in [-0.39, 0.29) is 0 Å². The summed E-state index contributed by atoms with van der Waals surface area (Å²) in [5.41, 5.74) is 2.00. The van der Waals surface area contributed by atoms with Crippen LogP contribution in [0.1, 0.15) is 30.1 Å². The van der Waals surface area contributed by atoms with Gasteiger partial charge in [-0.3, -0.25) is 0 Å². The maximum atomic E-state index is 8.36. The Hall–Kier alpha value is -1.43. The molecule has 0 amide bonds. The first-order valence-corrected chi connectivity index (χ1v) is 4.40. The summed E-state index contributed by atoms with van der Waals surface area (Å²) in [5.74, 6) is 0.854. The average molecular weight is 175 g/mol. The monoisotopic (exact) mass is 175 g/mol. The zero-order valence-corrected chi connectivity index (χ0v) is 8.04. The number of aromatic nitrogens is 2. The fourth-order valence-corrected chi connectivity index (χ4v) is 1.24. The molecule has 0 saturated carbocycles. The van der Waals surface area contributed by atoms with Crippen LogP contribution in [-0.2, 0) is 6.42 Å². The molecule has 0 fully saturated rings. The van der Waals surface area contributed by atoms with Crippen LogP contribution in [-0.4, -0.2) is 9.97 Å². The van der Waals surface area contributed by atoms with Crippen LogP contribution >= 0.6 is 0 Å². The van der Waals surface area contributed by atoms with Crippen LogP contribution < -0.4 is 0 Å². The van der Waals surface area contributed by atoms with Crippen molar-refractivity contribution in [2.75, 3.05) is 0 Å². The molecule has 1 aromatic rings. The van der Waals surface area contributed by atoms with Crippen LogP contribution in [0.15, 0.2) is 6.07 Å². The smallest absolute Gasteiger partial charge is 0.128 e. The minimum Gasteiger partial charge on any atom is -0.238 e. The van der Waals surface area contributed by atoms with E-state index < -0.39 is 0 Å². The third-order valence-corrected chi connectivity index (χ3v) is 1.72. The van der Waals surface area contributed by atoms with Crippen LogP contribution in [0.25, 0.3) is 0 Å². The second-order valence-electron chi connectivity index (χ2n) is 3.08.